The van der Waals surface area contributed by atoms with E-state index in [1.165, 1.54) is 20.4 Å². The molecule has 0 saturated heterocycles. The molecule has 19 heavy (non-hydrogen) atoms. The lowest BCUT2D eigenvalue weighted by molar-refractivity contribution is -0.0517. The van der Waals surface area contributed by atoms with Crippen LogP contribution >= 0.6 is 0 Å². The fraction of sp³-hybridized carbons (Fsp3) is 0.692. The molecule has 1 heterocycles. The van der Waals surface area contributed by atoms with Crippen molar-refractivity contribution in [3.8, 4) is 11.8 Å². The fourth-order valence-electron chi connectivity index (χ4n) is 2.46. The highest BCUT2D eigenvalue weighted by Crippen LogP contribution is 2.40. The monoisotopic (exact) mass is 268 g/mol. The summed E-state index contributed by atoms with van der Waals surface area (Å²) in [5.41, 5.74) is -0.523. The van der Waals surface area contributed by atoms with E-state index in [2.05, 4.69) is 9.97 Å². The second kappa shape index (κ2) is 5.71. The molecule has 0 bridgehead atoms. The van der Waals surface area contributed by atoms with Gasteiger partial charge in [0.05, 0.1) is 26.5 Å². The molecule has 0 aromatic carbocycles. The van der Waals surface area contributed by atoms with E-state index in [9.17, 15) is 5.11 Å². The summed E-state index contributed by atoms with van der Waals surface area (Å²) in [7, 11) is 4.72. The molecule has 1 N–H and O–H groups in total. The molecule has 0 amide bonds. The van der Waals surface area contributed by atoms with Gasteiger partial charge >= 0.3 is 0 Å². The van der Waals surface area contributed by atoms with Crippen LogP contribution in [0.25, 0.3) is 0 Å². The van der Waals surface area contributed by atoms with E-state index in [4.69, 9.17) is 14.2 Å². The quantitative estimate of drug-likeness (QED) is 0.886. The zero-order chi connectivity index (χ0) is 13.9. The average Bonchev–Trinajstić information content (AvgIpc) is 2.47. The summed E-state index contributed by atoms with van der Waals surface area (Å²) >= 11 is 0. The molecule has 0 spiro atoms. The molecule has 2 rings (SSSR count). The highest BCUT2D eigenvalue weighted by atomic mass is 16.5. The van der Waals surface area contributed by atoms with Crippen molar-refractivity contribution in [2.45, 2.75) is 37.4 Å². The van der Waals surface area contributed by atoms with Gasteiger partial charge in [-0.3, -0.25) is 0 Å². The predicted octanol–water partition coefficient (Wildman–Crippen LogP) is 1.27. The van der Waals surface area contributed by atoms with Gasteiger partial charge in [0.25, 0.3) is 0 Å². The second-order valence-corrected chi connectivity index (χ2v) is 4.74. The van der Waals surface area contributed by atoms with Crippen molar-refractivity contribution in [1.29, 1.82) is 0 Å². The first-order chi connectivity index (χ1) is 9.12. The Bertz CT molecular complexity index is 431. The van der Waals surface area contributed by atoms with E-state index in [-0.39, 0.29) is 6.10 Å². The molecular weight excluding hydrogens is 248 g/mol. The third-order valence-corrected chi connectivity index (χ3v) is 3.65. The summed E-state index contributed by atoms with van der Waals surface area (Å²) < 4.78 is 15.5. The van der Waals surface area contributed by atoms with Crippen LogP contribution in [0.2, 0.25) is 0 Å². The number of ether oxygens (including phenoxy) is 3. The average molecular weight is 268 g/mol. The van der Waals surface area contributed by atoms with Gasteiger partial charge in [0.1, 0.15) is 11.3 Å². The summed E-state index contributed by atoms with van der Waals surface area (Å²) in [6.45, 7) is 0. The van der Waals surface area contributed by atoms with E-state index in [0.717, 1.165) is 12.8 Å². The first kappa shape index (κ1) is 14.0. The van der Waals surface area contributed by atoms with Crippen molar-refractivity contribution in [3.05, 3.63) is 11.9 Å². The van der Waals surface area contributed by atoms with E-state index in [1.807, 2.05) is 0 Å². The van der Waals surface area contributed by atoms with Crippen LogP contribution in [0.4, 0.5) is 0 Å². The van der Waals surface area contributed by atoms with Gasteiger partial charge < -0.3 is 19.3 Å². The van der Waals surface area contributed by atoms with Gasteiger partial charge in [0.15, 0.2) is 0 Å². The first-order valence-corrected chi connectivity index (χ1v) is 6.33. The Hall–Kier alpha value is -1.40. The Morgan fingerprint density at radius 3 is 2.42 bits per heavy atom. The summed E-state index contributed by atoms with van der Waals surface area (Å²) in [4.78, 5) is 8.43. The molecule has 1 aliphatic rings. The highest BCUT2D eigenvalue weighted by molar-refractivity contribution is 5.28. The molecule has 1 fully saturated rings. The molecule has 0 radical (unpaired) electrons. The van der Waals surface area contributed by atoms with Crippen LogP contribution in [0.1, 0.15) is 31.4 Å². The van der Waals surface area contributed by atoms with Gasteiger partial charge in [-0.05, 0) is 25.7 Å². The maximum atomic E-state index is 10.8. The number of rotatable bonds is 4. The van der Waals surface area contributed by atoms with Crippen LogP contribution in [-0.4, -0.2) is 42.5 Å². The lowest BCUT2D eigenvalue weighted by Gasteiger charge is -2.35. The maximum absolute atomic E-state index is 10.8. The van der Waals surface area contributed by atoms with Crippen LogP contribution in [0.15, 0.2) is 6.20 Å². The number of aromatic nitrogens is 2. The number of hydrogen-bond acceptors (Lipinski definition) is 6. The van der Waals surface area contributed by atoms with E-state index in [0.29, 0.717) is 30.3 Å². The minimum Gasteiger partial charge on any atom is -0.480 e. The minimum atomic E-state index is -1.00. The Labute approximate surface area is 112 Å². The number of hydrogen-bond donors (Lipinski definition) is 1. The van der Waals surface area contributed by atoms with Crippen molar-refractivity contribution in [2.24, 2.45) is 0 Å². The van der Waals surface area contributed by atoms with Crippen LogP contribution in [0.3, 0.4) is 0 Å². The van der Waals surface area contributed by atoms with Crippen LogP contribution in [0, 0.1) is 0 Å². The van der Waals surface area contributed by atoms with Gasteiger partial charge in [-0.1, -0.05) is 0 Å². The topological polar surface area (TPSA) is 73.7 Å². The summed E-state index contributed by atoms with van der Waals surface area (Å²) in [6.07, 6.45) is 4.47. The molecule has 6 nitrogen and oxygen atoms in total. The van der Waals surface area contributed by atoms with Crippen LogP contribution in [0.5, 0.6) is 11.8 Å². The third-order valence-electron chi connectivity index (χ3n) is 3.65. The minimum absolute atomic E-state index is 0.206. The molecule has 0 unspecified atom stereocenters. The van der Waals surface area contributed by atoms with Gasteiger partial charge in [-0.15, -0.1) is 0 Å². The standard InChI is InChI=1S/C13H20N2O4/c1-17-9-4-6-13(16,7-5-9)11-12(19-3)15-10(18-2)8-14-11/h8-9,16H,4-7H2,1-3H3. The van der Waals surface area contributed by atoms with Crippen molar-refractivity contribution in [3.63, 3.8) is 0 Å². The molecule has 1 aromatic rings. The fourth-order valence-corrected chi connectivity index (χ4v) is 2.46. The van der Waals surface area contributed by atoms with Crippen LogP contribution in [-0.2, 0) is 10.3 Å². The van der Waals surface area contributed by atoms with Crippen molar-refractivity contribution in [2.75, 3.05) is 21.3 Å². The number of nitrogens with zero attached hydrogens (tertiary/aromatic N) is 2. The van der Waals surface area contributed by atoms with E-state index < -0.39 is 5.60 Å². The molecule has 0 aliphatic heterocycles. The molecule has 1 aromatic heterocycles. The highest BCUT2D eigenvalue weighted by Gasteiger charge is 2.39. The number of aliphatic hydroxyl groups is 1. The van der Waals surface area contributed by atoms with E-state index >= 15 is 0 Å². The van der Waals surface area contributed by atoms with Gasteiger partial charge in [0.2, 0.25) is 11.8 Å². The largest absolute Gasteiger partial charge is 0.480 e. The molecule has 1 saturated carbocycles. The Balaban J connectivity index is 2.25. The Morgan fingerprint density at radius 1 is 1.21 bits per heavy atom. The van der Waals surface area contributed by atoms with Gasteiger partial charge in [-0.2, -0.15) is 4.98 Å². The Morgan fingerprint density at radius 2 is 1.89 bits per heavy atom. The SMILES string of the molecule is COc1cnc(C2(O)CCC(OC)CC2)c(OC)n1. The molecule has 6 heteroatoms. The lowest BCUT2D eigenvalue weighted by atomic mass is 9.81. The van der Waals surface area contributed by atoms with Gasteiger partial charge in [0, 0.05) is 7.11 Å². The predicted molar refractivity (Wildman–Crippen MR) is 68.3 cm³/mol. The van der Waals surface area contributed by atoms with Gasteiger partial charge in [-0.25, -0.2) is 4.98 Å². The zero-order valence-corrected chi connectivity index (χ0v) is 11.5. The summed E-state index contributed by atoms with van der Waals surface area (Å²) in [6, 6.07) is 0. The molecule has 106 valence electrons. The third kappa shape index (κ3) is 2.79. The first-order valence-electron chi connectivity index (χ1n) is 6.33. The smallest absolute Gasteiger partial charge is 0.241 e. The molecular formula is C13H20N2O4. The summed E-state index contributed by atoms with van der Waals surface area (Å²) in [5.74, 6) is 0.687. The van der Waals surface area contributed by atoms with Crippen molar-refractivity contribution >= 4 is 0 Å². The molecule has 1 aliphatic carbocycles. The maximum Gasteiger partial charge on any atom is 0.241 e. The Kier molecular flexibility index (Phi) is 4.21. The van der Waals surface area contributed by atoms with E-state index in [1.54, 1.807) is 7.11 Å². The number of methoxy groups -OCH3 is 3. The van der Waals surface area contributed by atoms with Crippen molar-refractivity contribution < 1.29 is 19.3 Å². The van der Waals surface area contributed by atoms with Crippen molar-refractivity contribution in [1.82, 2.24) is 9.97 Å². The summed E-state index contributed by atoms with van der Waals surface area (Å²) in [5, 5.41) is 10.8. The normalized spacial score (nSPS) is 27.1. The lowest BCUT2D eigenvalue weighted by Crippen LogP contribution is -2.35. The van der Waals surface area contributed by atoms with Crippen LogP contribution < -0.4 is 9.47 Å². The second-order valence-electron chi connectivity index (χ2n) is 4.74. The molecule has 0 atom stereocenters. The zero-order valence-electron chi connectivity index (χ0n) is 11.5.